The molecule has 0 aliphatic carbocycles. The summed E-state index contributed by atoms with van der Waals surface area (Å²) in [6, 6.07) is 13.2. The molecule has 27 heavy (non-hydrogen) atoms. The predicted octanol–water partition coefficient (Wildman–Crippen LogP) is 3.66. The number of hydrogen-bond donors (Lipinski definition) is 1. The molecule has 0 saturated heterocycles. The summed E-state index contributed by atoms with van der Waals surface area (Å²) in [6.07, 6.45) is 2.90. The van der Waals surface area contributed by atoms with E-state index in [0.717, 1.165) is 29.0 Å². The van der Waals surface area contributed by atoms with Crippen LogP contribution in [-0.4, -0.2) is 27.1 Å². The molecule has 0 heterocycles. The van der Waals surface area contributed by atoms with Gasteiger partial charge < -0.3 is 5.32 Å². The Morgan fingerprint density at radius 1 is 1.07 bits per heavy atom. The fourth-order valence-corrected chi connectivity index (χ4v) is 4.31. The molecule has 2 aromatic rings. The molecule has 0 atom stereocenters. The van der Waals surface area contributed by atoms with Crippen molar-refractivity contribution in [2.75, 3.05) is 17.1 Å². The Morgan fingerprint density at radius 3 is 2.37 bits per heavy atom. The second-order valence-electron chi connectivity index (χ2n) is 6.31. The summed E-state index contributed by atoms with van der Waals surface area (Å²) in [7, 11) is -3.60. The summed E-state index contributed by atoms with van der Waals surface area (Å²) >= 11 is 3.35. The van der Waals surface area contributed by atoms with Crippen molar-refractivity contribution >= 4 is 37.5 Å². The third-order valence-electron chi connectivity index (χ3n) is 4.34. The van der Waals surface area contributed by atoms with Crippen LogP contribution in [-0.2, 0) is 34.2 Å². The maximum absolute atomic E-state index is 12.5. The molecule has 0 aromatic heterocycles. The van der Waals surface area contributed by atoms with Crippen LogP contribution in [0.25, 0.3) is 0 Å². The molecule has 0 aliphatic heterocycles. The van der Waals surface area contributed by atoms with Gasteiger partial charge in [0.25, 0.3) is 0 Å². The average Bonchev–Trinajstić information content (AvgIpc) is 2.64. The van der Waals surface area contributed by atoms with Gasteiger partial charge in [-0.05, 0) is 57.6 Å². The van der Waals surface area contributed by atoms with Crippen molar-refractivity contribution in [2.24, 2.45) is 0 Å². The molecular formula is C20H25BrN2O3S. The first-order valence-corrected chi connectivity index (χ1v) is 11.5. The number of carbonyl (C=O) groups excluding carboxylic acids is 1. The van der Waals surface area contributed by atoms with Crippen LogP contribution >= 0.6 is 15.9 Å². The van der Waals surface area contributed by atoms with E-state index in [1.807, 2.05) is 0 Å². The second-order valence-corrected chi connectivity index (χ2v) is 9.07. The minimum Gasteiger partial charge on any atom is -0.350 e. The molecule has 5 nitrogen and oxygen atoms in total. The Balaban J connectivity index is 2.15. The fraction of sp³-hybridized carbons (Fsp3) is 0.350. The summed E-state index contributed by atoms with van der Waals surface area (Å²) in [6.45, 7) is 4.27. The van der Waals surface area contributed by atoms with Crippen molar-refractivity contribution in [2.45, 2.75) is 33.2 Å². The summed E-state index contributed by atoms with van der Waals surface area (Å²) in [5.41, 5.74) is 3.90. The zero-order valence-electron chi connectivity index (χ0n) is 15.8. The maximum atomic E-state index is 12.5. The Morgan fingerprint density at radius 2 is 1.78 bits per heavy atom. The van der Waals surface area contributed by atoms with Gasteiger partial charge in [0.05, 0.1) is 11.9 Å². The van der Waals surface area contributed by atoms with Gasteiger partial charge >= 0.3 is 0 Å². The van der Waals surface area contributed by atoms with E-state index in [2.05, 4.69) is 53.3 Å². The molecule has 0 radical (unpaired) electrons. The van der Waals surface area contributed by atoms with Gasteiger partial charge in [-0.15, -0.1) is 0 Å². The highest BCUT2D eigenvalue weighted by molar-refractivity contribution is 9.10. The van der Waals surface area contributed by atoms with E-state index in [1.165, 1.54) is 11.1 Å². The van der Waals surface area contributed by atoms with E-state index in [1.54, 1.807) is 24.3 Å². The normalized spacial score (nSPS) is 11.3. The lowest BCUT2D eigenvalue weighted by Crippen LogP contribution is -2.40. The van der Waals surface area contributed by atoms with Crippen molar-refractivity contribution in [3.8, 4) is 0 Å². The molecule has 2 aromatic carbocycles. The first-order valence-electron chi connectivity index (χ1n) is 8.85. The second kappa shape index (κ2) is 9.37. The quantitative estimate of drug-likeness (QED) is 0.664. The Labute approximate surface area is 170 Å². The maximum Gasteiger partial charge on any atom is 0.241 e. The van der Waals surface area contributed by atoms with Crippen LogP contribution in [0.3, 0.4) is 0 Å². The third kappa shape index (κ3) is 5.81. The Bertz CT molecular complexity index is 913. The van der Waals surface area contributed by atoms with Crippen molar-refractivity contribution in [1.29, 1.82) is 0 Å². The zero-order valence-corrected chi connectivity index (χ0v) is 18.2. The minimum absolute atomic E-state index is 0.267. The fourth-order valence-electron chi connectivity index (χ4n) is 2.82. The predicted molar refractivity (Wildman–Crippen MR) is 113 cm³/mol. The van der Waals surface area contributed by atoms with Crippen molar-refractivity contribution in [3.63, 3.8) is 0 Å². The number of benzene rings is 2. The summed E-state index contributed by atoms with van der Waals surface area (Å²) in [5.74, 6) is -0.347. The minimum atomic E-state index is -3.60. The Kier molecular flexibility index (Phi) is 7.44. The number of hydrogen-bond acceptors (Lipinski definition) is 3. The largest absolute Gasteiger partial charge is 0.350 e. The molecular weight excluding hydrogens is 428 g/mol. The zero-order chi connectivity index (χ0) is 20.0. The number of amides is 1. The molecule has 1 N–H and O–H groups in total. The lowest BCUT2D eigenvalue weighted by atomic mass is 10.0. The molecule has 2 rings (SSSR count). The highest BCUT2D eigenvalue weighted by Gasteiger charge is 2.22. The number of halogens is 1. The van der Waals surface area contributed by atoms with Crippen LogP contribution < -0.4 is 9.62 Å². The van der Waals surface area contributed by atoms with Gasteiger partial charge in [0.1, 0.15) is 6.54 Å². The Hall–Kier alpha value is -1.86. The molecule has 0 aliphatic rings. The molecule has 0 fully saturated rings. The van der Waals surface area contributed by atoms with Crippen LogP contribution in [0.2, 0.25) is 0 Å². The summed E-state index contributed by atoms with van der Waals surface area (Å²) in [5, 5.41) is 2.86. The van der Waals surface area contributed by atoms with E-state index in [0.29, 0.717) is 16.7 Å². The van der Waals surface area contributed by atoms with E-state index >= 15 is 0 Å². The highest BCUT2D eigenvalue weighted by atomic mass is 79.9. The number of nitrogens with zero attached hydrogens (tertiary/aromatic N) is 1. The lowest BCUT2D eigenvalue weighted by molar-refractivity contribution is -0.119. The van der Waals surface area contributed by atoms with E-state index < -0.39 is 10.0 Å². The first kappa shape index (κ1) is 21.4. The number of nitrogens with one attached hydrogen (secondary N) is 1. The molecule has 1 amide bonds. The average molecular weight is 453 g/mol. The molecule has 0 spiro atoms. The summed E-state index contributed by atoms with van der Waals surface area (Å²) < 4.78 is 26.1. The molecule has 0 bridgehead atoms. The van der Waals surface area contributed by atoms with Gasteiger partial charge in [0, 0.05) is 11.0 Å². The number of rotatable bonds is 8. The van der Waals surface area contributed by atoms with E-state index in [-0.39, 0.29) is 12.5 Å². The van der Waals surface area contributed by atoms with Gasteiger partial charge in [-0.2, -0.15) is 0 Å². The molecule has 0 saturated carbocycles. The number of aryl methyl sites for hydroxylation is 2. The van der Waals surface area contributed by atoms with Gasteiger partial charge in [-0.1, -0.05) is 44.2 Å². The van der Waals surface area contributed by atoms with Crippen molar-refractivity contribution < 1.29 is 13.2 Å². The highest BCUT2D eigenvalue weighted by Crippen LogP contribution is 2.27. The third-order valence-corrected chi connectivity index (χ3v) is 6.14. The molecule has 0 unspecified atom stereocenters. The number of anilines is 1. The standard InChI is InChI=1S/C20H25BrN2O3S/c1-4-15-10-11-16(5-2)17(12-15)13-22-20(24)14-23(27(3,25)26)19-9-7-6-8-18(19)21/h6-12H,4-5,13-14H2,1-3H3,(H,22,24). The summed E-state index contributed by atoms with van der Waals surface area (Å²) in [4.78, 5) is 12.5. The van der Waals surface area contributed by atoms with Crippen LogP contribution in [0, 0.1) is 0 Å². The molecule has 146 valence electrons. The van der Waals surface area contributed by atoms with Crippen LogP contribution in [0.4, 0.5) is 5.69 Å². The van der Waals surface area contributed by atoms with Crippen LogP contribution in [0.1, 0.15) is 30.5 Å². The SMILES string of the molecule is CCc1ccc(CC)c(CNC(=O)CN(c2ccccc2Br)S(C)(=O)=O)c1. The topological polar surface area (TPSA) is 66.5 Å². The smallest absolute Gasteiger partial charge is 0.241 e. The van der Waals surface area contributed by atoms with Gasteiger partial charge in [0.2, 0.25) is 15.9 Å². The van der Waals surface area contributed by atoms with Crippen LogP contribution in [0.5, 0.6) is 0 Å². The monoisotopic (exact) mass is 452 g/mol. The van der Waals surface area contributed by atoms with Gasteiger partial charge in [0.15, 0.2) is 0 Å². The van der Waals surface area contributed by atoms with E-state index in [4.69, 9.17) is 0 Å². The van der Waals surface area contributed by atoms with Crippen molar-refractivity contribution in [1.82, 2.24) is 5.32 Å². The lowest BCUT2D eigenvalue weighted by Gasteiger charge is -2.23. The van der Waals surface area contributed by atoms with Crippen LogP contribution in [0.15, 0.2) is 46.9 Å². The van der Waals surface area contributed by atoms with Gasteiger partial charge in [-0.3, -0.25) is 9.10 Å². The molecule has 7 heteroatoms. The number of carbonyl (C=O) groups is 1. The van der Waals surface area contributed by atoms with Crippen molar-refractivity contribution in [3.05, 3.63) is 63.6 Å². The first-order chi connectivity index (χ1) is 12.8. The van der Waals surface area contributed by atoms with Gasteiger partial charge in [-0.25, -0.2) is 8.42 Å². The number of para-hydroxylation sites is 1. The number of sulfonamides is 1. The van der Waals surface area contributed by atoms with E-state index in [9.17, 15) is 13.2 Å².